The van der Waals surface area contributed by atoms with Gasteiger partial charge in [0.05, 0.1) is 12.8 Å². The highest BCUT2D eigenvalue weighted by molar-refractivity contribution is 7.07. The summed E-state index contributed by atoms with van der Waals surface area (Å²) in [6, 6.07) is 24.0. The SMILES string of the molecule is COc1ccc(-c2cs/c(=N\c3ccccn3)n2-c2ccccc2)cc1. The van der Waals surface area contributed by atoms with Crippen molar-refractivity contribution in [3.63, 3.8) is 0 Å². The van der Waals surface area contributed by atoms with Crippen molar-refractivity contribution in [3.05, 3.63) is 89.2 Å². The molecule has 2 heterocycles. The first kappa shape index (κ1) is 16.3. The van der Waals surface area contributed by atoms with Crippen LogP contribution in [0.2, 0.25) is 0 Å². The predicted molar refractivity (Wildman–Crippen MR) is 105 cm³/mol. The summed E-state index contributed by atoms with van der Waals surface area (Å²) < 4.78 is 7.43. The zero-order valence-corrected chi connectivity index (χ0v) is 15.1. The van der Waals surface area contributed by atoms with Gasteiger partial charge in [0.25, 0.3) is 0 Å². The van der Waals surface area contributed by atoms with Gasteiger partial charge in [-0.1, -0.05) is 24.3 Å². The van der Waals surface area contributed by atoms with Crippen molar-refractivity contribution in [1.82, 2.24) is 9.55 Å². The molecule has 5 heteroatoms. The molecule has 128 valence electrons. The number of nitrogens with zero attached hydrogens (tertiary/aromatic N) is 3. The maximum absolute atomic E-state index is 5.27. The van der Waals surface area contributed by atoms with Crippen LogP contribution >= 0.6 is 11.3 Å². The molecule has 4 rings (SSSR count). The van der Waals surface area contributed by atoms with E-state index in [1.54, 1.807) is 24.6 Å². The Morgan fingerprint density at radius 3 is 2.38 bits per heavy atom. The number of ether oxygens (including phenoxy) is 1. The largest absolute Gasteiger partial charge is 0.497 e. The lowest BCUT2D eigenvalue weighted by Gasteiger charge is -2.09. The third kappa shape index (κ3) is 3.30. The van der Waals surface area contributed by atoms with Crippen molar-refractivity contribution >= 4 is 17.2 Å². The number of hydrogen-bond acceptors (Lipinski definition) is 4. The van der Waals surface area contributed by atoms with E-state index in [1.807, 2.05) is 48.5 Å². The summed E-state index contributed by atoms with van der Waals surface area (Å²) in [6.45, 7) is 0. The first-order valence-corrected chi connectivity index (χ1v) is 9.09. The predicted octanol–water partition coefficient (Wildman–Crippen LogP) is 4.84. The summed E-state index contributed by atoms with van der Waals surface area (Å²) in [4.78, 5) is 9.94. The quantitative estimate of drug-likeness (QED) is 0.523. The Morgan fingerprint density at radius 1 is 0.923 bits per heavy atom. The third-order valence-electron chi connectivity index (χ3n) is 3.97. The van der Waals surface area contributed by atoms with Crippen LogP contribution in [-0.4, -0.2) is 16.7 Å². The number of hydrogen-bond donors (Lipinski definition) is 0. The molecule has 0 aliphatic rings. The molecule has 0 fully saturated rings. The van der Waals surface area contributed by atoms with Crippen molar-refractivity contribution in [2.75, 3.05) is 7.11 Å². The summed E-state index contributed by atoms with van der Waals surface area (Å²) in [7, 11) is 1.67. The van der Waals surface area contributed by atoms with Gasteiger partial charge in [0, 0.05) is 17.3 Å². The number of para-hydroxylation sites is 1. The second-order valence-electron chi connectivity index (χ2n) is 5.60. The molecule has 0 amide bonds. The van der Waals surface area contributed by atoms with Crippen molar-refractivity contribution in [1.29, 1.82) is 0 Å². The molecule has 4 aromatic rings. The van der Waals surface area contributed by atoms with Gasteiger partial charge in [-0.3, -0.25) is 4.57 Å². The average Bonchev–Trinajstić information content (AvgIpc) is 3.13. The lowest BCUT2D eigenvalue weighted by Crippen LogP contribution is -2.13. The van der Waals surface area contributed by atoms with Crippen LogP contribution in [-0.2, 0) is 0 Å². The molecule has 0 aliphatic carbocycles. The zero-order chi connectivity index (χ0) is 17.8. The topological polar surface area (TPSA) is 39.4 Å². The molecule has 0 unspecified atom stereocenters. The van der Waals surface area contributed by atoms with Crippen LogP contribution in [0.1, 0.15) is 0 Å². The minimum absolute atomic E-state index is 0.695. The first-order valence-electron chi connectivity index (χ1n) is 8.21. The fourth-order valence-electron chi connectivity index (χ4n) is 2.70. The van der Waals surface area contributed by atoms with E-state index in [4.69, 9.17) is 9.73 Å². The highest BCUT2D eigenvalue weighted by atomic mass is 32.1. The highest BCUT2D eigenvalue weighted by Gasteiger charge is 2.10. The molecule has 2 aromatic heterocycles. The molecule has 0 aliphatic heterocycles. The monoisotopic (exact) mass is 359 g/mol. The van der Waals surface area contributed by atoms with Crippen LogP contribution in [0.5, 0.6) is 5.75 Å². The van der Waals surface area contributed by atoms with Crippen LogP contribution in [0.3, 0.4) is 0 Å². The maximum atomic E-state index is 5.27. The van der Waals surface area contributed by atoms with E-state index >= 15 is 0 Å². The summed E-state index contributed by atoms with van der Waals surface area (Å²) in [5.41, 5.74) is 3.25. The Balaban J connectivity index is 1.91. The molecule has 0 radical (unpaired) electrons. The fourth-order valence-corrected chi connectivity index (χ4v) is 3.61. The van der Waals surface area contributed by atoms with E-state index in [0.717, 1.165) is 27.5 Å². The lowest BCUT2D eigenvalue weighted by atomic mass is 10.1. The maximum Gasteiger partial charge on any atom is 0.196 e. The van der Waals surface area contributed by atoms with Crippen molar-refractivity contribution < 1.29 is 4.74 Å². The van der Waals surface area contributed by atoms with Gasteiger partial charge < -0.3 is 4.74 Å². The summed E-state index contributed by atoms with van der Waals surface area (Å²) >= 11 is 1.60. The molecule has 2 aromatic carbocycles. The second-order valence-corrected chi connectivity index (χ2v) is 6.44. The Labute approximate surface area is 155 Å². The van der Waals surface area contributed by atoms with E-state index in [1.165, 1.54) is 0 Å². The van der Waals surface area contributed by atoms with Gasteiger partial charge in [-0.05, 0) is 54.1 Å². The third-order valence-corrected chi connectivity index (χ3v) is 4.79. The van der Waals surface area contributed by atoms with Gasteiger partial charge in [-0.2, -0.15) is 0 Å². The minimum Gasteiger partial charge on any atom is -0.497 e. The van der Waals surface area contributed by atoms with Crippen molar-refractivity contribution in [3.8, 4) is 22.7 Å². The van der Waals surface area contributed by atoms with Gasteiger partial charge >= 0.3 is 0 Å². The lowest BCUT2D eigenvalue weighted by molar-refractivity contribution is 0.415. The van der Waals surface area contributed by atoms with E-state index in [9.17, 15) is 0 Å². The number of methoxy groups -OCH3 is 1. The summed E-state index contributed by atoms with van der Waals surface area (Å²) in [5.74, 6) is 1.54. The van der Waals surface area contributed by atoms with Gasteiger partial charge in [0.15, 0.2) is 10.6 Å². The van der Waals surface area contributed by atoms with Crippen LogP contribution in [0.4, 0.5) is 5.82 Å². The molecule has 0 spiro atoms. The molecule has 4 nitrogen and oxygen atoms in total. The number of thiazole rings is 1. The highest BCUT2D eigenvalue weighted by Crippen LogP contribution is 2.25. The Hall–Kier alpha value is -3.18. The zero-order valence-electron chi connectivity index (χ0n) is 14.2. The van der Waals surface area contributed by atoms with Gasteiger partial charge in [0.2, 0.25) is 0 Å². The van der Waals surface area contributed by atoms with Gasteiger partial charge in [-0.25, -0.2) is 9.98 Å². The average molecular weight is 359 g/mol. The number of benzene rings is 2. The standard InChI is InChI=1S/C21H17N3OS/c1-25-18-12-10-16(11-13-18)19-15-26-21(23-20-9-5-6-14-22-20)24(19)17-7-3-2-4-8-17/h2-15H,1H3/b23-21-. The van der Waals surface area contributed by atoms with E-state index in [0.29, 0.717) is 5.82 Å². The normalized spacial score (nSPS) is 11.5. The Morgan fingerprint density at radius 2 is 1.69 bits per heavy atom. The van der Waals surface area contributed by atoms with E-state index in [-0.39, 0.29) is 0 Å². The van der Waals surface area contributed by atoms with Crippen LogP contribution < -0.4 is 9.54 Å². The Bertz CT molecular complexity index is 1050. The molecule has 0 atom stereocenters. The van der Waals surface area contributed by atoms with Gasteiger partial charge in [-0.15, -0.1) is 11.3 Å². The van der Waals surface area contributed by atoms with E-state index < -0.39 is 0 Å². The van der Waals surface area contributed by atoms with Crippen LogP contribution in [0.15, 0.2) is 89.4 Å². The fraction of sp³-hybridized carbons (Fsp3) is 0.0476. The molecular formula is C21H17N3OS. The summed E-state index contributed by atoms with van der Waals surface area (Å²) in [6.07, 6.45) is 1.75. The number of rotatable bonds is 4. The molecule has 0 saturated heterocycles. The van der Waals surface area contributed by atoms with Gasteiger partial charge in [0.1, 0.15) is 5.75 Å². The first-order chi connectivity index (χ1) is 12.8. The number of aromatic nitrogens is 2. The van der Waals surface area contributed by atoms with Crippen molar-refractivity contribution in [2.24, 2.45) is 4.99 Å². The molecule has 0 bridgehead atoms. The molecule has 26 heavy (non-hydrogen) atoms. The van der Waals surface area contributed by atoms with Crippen LogP contribution in [0, 0.1) is 0 Å². The molecular weight excluding hydrogens is 342 g/mol. The van der Waals surface area contributed by atoms with Crippen molar-refractivity contribution in [2.45, 2.75) is 0 Å². The molecule has 0 N–H and O–H groups in total. The van der Waals surface area contributed by atoms with E-state index in [2.05, 4.69) is 39.2 Å². The smallest absolute Gasteiger partial charge is 0.196 e. The minimum atomic E-state index is 0.695. The molecule has 0 saturated carbocycles. The Kier molecular flexibility index (Phi) is 4.62. The number of pyridine rings is 1. The van der Waals surface area contributed by atoms with Crippen LogP contribution in [0.25, 0.3) is 16.9 Å². The second kappa shape index (κ2) is 7.37. The summed E-state index contributed by atoms with van der Waals surface area (Å²) in [5, 5.41) is 2.12.